The number of rotatable bonds is 5. The molecule has 3 aromatic rings. The van der Waals surface area contributed by atoms with Crippen LogP contribution in [0.3, 0.4) is 0 Å². The Balaban J connectivity index is 2.15. The van der Waals surface area contributed by atoms with E-state index in [4.69, 9.17) is 4.74 Å². The molecule has 0 bridgehead atoms. The Hall–Kier alpha value is -3.22. The number of nitrogens with one attached hydrogen (secondary N) is 1. The van der Waals surface area contributed by atoms with Crippen LogP contribution in [0.15, 0.2) is 46.0 Å². The predicted molar refractivity (Wildman–Crippen MR) is 102 cm³/mol. The van der Waals surface area contributed by atoms with Gasteiger partial charge in [0, 0.05) is 6.07 Å². The lowest BCUT2D eigenvalue weighted by atomic mass is 10.1. The summed E-state index contributed by atoms with van der Waals surface area (Å²) in [7, 11) is 0. The number of H-pyrrole nitrogens is 1. The van der Waals surface area contributed by atoms with Crippen LogP contribution in [0.5, 0.6) is 11.6 Å². The van der Waals surface area contributed by atoms with Crippen molar-refractivity contribution >= 4 is 0 Å². The van der Waals surface area contributed by atoms with Crippen LogP contribution in [0.2, 0.25) is 0 Å². The summed E-state index contributed by atoms with van der Waals surface area (Å²) in [5, 5.41) is 0. The first-order valence-corrected chi connectivity index (χ1v) is 8.84. The summed E-state index contributed by atoms with van der Waals surface area (Å²) in [5.41, 5.74) is 1.16. The van der Waals surface area contributed by atoms with Crippen LogP contribution in [0.1, 0.15) is 29.2 Å². The van der Waals surface area contributed by atoms with Crippen molar-refractivity contribution in [3.05, 3.63) is 91.1 Å². The maximum absolute atomic E-state index is 13.6. The lowest BCUT2D eigenvalue weighted by Crippen LogP contribution is -2.33. The maximum atomic E-state index is 13.6. The fraction of sp³-hybridized carbons (Fsp3) is 0.238. The average Bonchev–Trinajstić information content (AvgIpc) is 2.56. The highest BCUT2D eigenvalue weighted by molar-refractivity contribution is 5.37. The van der Waals surface area contributed by atoms with Crippen molar-refractivity contribution in [1.29, 1.82) is 0 Å². The normalized spacial score (nSPS) is 10.9. The minimum Gasteiger partial charge on any atom is -0.440 e. The van der Waals surface area contributed by atoms with E-state index in [9.17, 15) is 18.4 Å². The molecule has 0 saturated heterocycles. The largest absolute Gasteiger partial charge is 0.440 e. The molecule has 1 heterocycles. The molecule has 0 spiro atoms. The van der Waals surface area contributed by atoms with Gasteiger partial charge in [0.1, 0.15) is 17.4 Å². The quantitative estimate of drug-likeness (QED) is 0.725. The number of benzene rings is 2. The molecule has 2 aromatic carbocycles. The number of nitrogens with zero attached hydrogens (tertiary/aromatic N) is 1. The van der Waals surface area contributed by atoms with Crippen molar-refractivity contribution < 1.29 is 13.5 Å². The van der Waals surface area contributed by atoms with Gasteiger partial charge in [-0.3, -0.25) is 14.3 Å². The first-order valence-electron chi connectivity index (χ1n) is 8.84. The van der Waals surface area contributed by atoms with Gasteiger partial charge in [-0.25, -0.2) is 13.6 Å². The number of aryl methyl sites for hydroxylation is 2. The fourth-order valence-electron chi connectivity index (χ4n) is 3.15. The summed E-state index contributed by atoms with van der Waals surface area (Å²) in [6.45, 7) is 5.41. The summed E-state index contributed by atoms with van der Waals surface area (Å²) >= 11 is 0. The first kappa shape index (κ1) is 19.5. The van der Waals surface area contributed by atoms with Gasteiger partial charge in [-0.15, -0.1) is 0 Å². The number of halogens is 2. The standard InChI is InChI=1S/C21H20F2N2O3/c1-4-18-19(26)24-21(27)25(11-14-8-15(22)10-16(23)9-14)20(18)28-17-6-12(2)5-13(3)7-17/h5-10H,4,11H2,1-3H3,(H,24,26,27). The van der Waals surface area contributed by atoms with Crippen molar-refractivity contribution in [3.63, 3.8) is 0 Å². The van der Waals surface area contributed by atoms with Gasteiger partial charge < -0.3 is 4.74 Å². The summed E-state index contributed by atoms with van der Waals surface area (Å²) in [5.74, 6) is -0.970. The molecular weight excluding hydrogens is 366 g/mol. The van der Waals surface area contributed by atoms with E-state index in [1.54, 1.807) is 19.1 Å². The molecule has 1 aromatic heterocycles. The number of hydrogen-bond donors (Lipinski definition) is 1. The van der Waals surface area contributed by atoms with E-state index in [0.29, 0.717) is 12.2 Å². The Kier molecular flexibility index (Phi) is 5.44. The number of aromatic nitrogens is 2. The van der Waals surface area contributed by atoms with Gasteiger partial charge in [0.05, 0.1) is 12.1 Å². The third-order valence-electron chi connectivity index (χ3n) is 4.27. The molecule has 1 N–H and O–H groups in total. The molecule has 0 aliphatic heterocycles. The van der Waals surface area contributed by atoms with Gasteiger partial charge in [0.25, 0.3) is 5.56 Å². The van der Waals surface area contributed by atoms with Crippen molar-refractivity contribution in [1.82, 2.24) is 9.55 Å². The third-order valence-corrected chi connectivity index (χ3v) is 4.27. The highest BCUT2D eigenvalue weighted by Gasteiger charge is 2.17. The Labute approximate surface area is 160 Å². The SMILES string of the molecule is CCc1c(Oc2cc(C)cc(C)c2)n(Cc2cc(F)cc(F)c2)c(=O)[nH]c1=O. The summed E-state index contributed by atoms with van der Waals surface area (Å²) in [6.07, 6.45) is 0.313. The van der Waals surface area contributed by atoms with E-state index in [2.05, 4.69) is 4.98 Å². The second kappa shape index (κ2) is 7.80. The molecule has 7 heteroatoms. The van der Waals surface area contributed by atoms with E-state index in [1.165, 1.54) is 4.57 Å². The molecule has 3 rings (SSSR count). The zero-order valence-corrected chi connectivity index (χ0v) is 15.8. The molecule has 0 saturated carbocycles. The molecule has 146 valence electrons. The van der Waals surface area contributed by atoms with E-state index in [-0.39, 0.29) is 23.6 Å². The second-order valence-corrected chi connectivity index (χ2v) is 6.69. The zero-order chi connectivity index (χ0) is 20.4. The van der Waals surface area contributed by atoms with Gasteiger partial charge in [-0.1, -0.05) is 13.0 Å². The number of ether oxygens (including phenoxy) is 1. The summed E-state index contributed by atoms with van der Waals surface area (Å²) in [4.78, 5) is 27.0. The van der Waals surface area contributed by atoms with Crippen molar-refractivity contribution in [2.75, 3.05) is 0 Å². The van der Waals surface area contributed by atoms with Crippen molar-refractivity contribution in [2.24, 2.45) is 0 Å². The smallest absolute Gasteiger partial charge is 0.331 e. The molecule has 0 unspecified atom stereocenters. The summed E-state index contributed by atoms with van der Waals surface area (Å²) < 4.78 is 34.2. The third kappa shape index (κ3) is 4.19. The van der Waals surface area contributed by atoms with Crippen molar-refractivity contribution in [3.8, 4) is 11.6 Å². The van der Waals surface area contributed by atoms with Crippen LogP contribution >= 0.6 is 0 Å². The highest BCUT2D eigenvalue weighted by Crippen LogP contribution is 2.26. The molecule has 0 fully saturated rings. The van der Waals surface area contributed by atoms with E-state index in [1.807, 2.05) is 19.9 Å². The van der Waals surface area contributed by atoms with Gasteiger partial charge >= 0.3 is 5.69 Å². The van der Waals surface area contributed by atoms with Crippen LogP contribution in [0, 0.1) is 25.5 Å². The maximum Gasteiger partial charge on any atom is 0.331 e. The molecule has 0 amide bonds. The van der Waals surface area contributed by atoms with E-state index in [0.717, 1.165) is 29.3 Å². The lowest BCUT2D eigenvalue weighted by Gasteiger charge is -2.17. The number of hydrogen-bond acceptors (Lipinski definition) is 3. The number of aromatic amines is 1. The first-order chi connectivity index (χ1) is 13.3. The van der Waals surface area contributed by atoms with Crippen LogP contribution in [-0.2, 0) is 13.0 Å². The zero-order valence-electron chi connectivity index (χ0n) is 15.8. The fourth-order valence-corrected chi connectivity index (χ4v) is 3.15. The molecule has 0 atom stereocenters. The highest BCUT2D eigenvalue weighted by atomic mass is 19.1. The molecule has 0 aliphatic rings. The molecule has 0 radical (unpaired) electrons. The second-order valence-electron chi connectivity index (χ2n) is 6.69. The molecular formula is C21H20F2N2O3. The Morgan fingerprint density at radius 2 is 1.57 bits per heavy atom. The van der Waals surface area contributed by atoms with Gasteiger partial charge in [-0.2, -0.15) is 0 Å². The van der Waals surface area contributed by atoms with Gasteiger partial charge in [-0.05, 0) is 61.2 Å². The van der Waals surface area contributed by atoms with Crippen LogP contribution in [0.25, 0.3) is 0 Å². The van der Waals surface area contributed by atoms with Crippen LogP contribution < -0.4 is 16.0 Å². The minimum absolute atomic E-state index is 0.0610. The molecule has 28 heavy (non-hydrogen) atoms. The molecule has 5 nitrogen and oxygen atoms in total. The topological polar surface area (TPSA) is 64.1 Å². The average molecular weight is 386 g/mol. The predicted octanol–water partition coefficient (Wildman–Crippen LogP) is 3.83. The van der Waals surface area contributed by atoms with Crippen molar-refractivity contribution in [2.45, 2.75) is 33.7 Å². The Morgan fingerprint density at radius 1 is 0.964 bits per heavy atom. The summed E-state index contributed by atoms with van der Waals surface area (Å²) in [6, 6.07) is 8.55. The molecule has 0 aliphatic carbocycles. The monoisotopic (exact) mass is 386 g/mol. The lowest BCUT2D eigenvalue weighted by molar-refractivity contribution is 0.413. The van der Waals surface area contributed by atoms with E-state index < -0.39 is 22.9 Å². The van der Waals surface area contributed by atoms with Gasteiger partial charge in [0.2, 0.25) is 5.88 Å². The Bertz CT molecular complexity index is 1110. The van der Waals surface area contributed by atoms with Crippen LogP contribution in [-0.4, -0.2) is 9.55 Å². The van der Waals surface area contributed by atoms with Crippen LogP contribution in [0.4, 0.5) is 8.78 Å². The minimum atomic E-state index is -0.750. The Morgan fingerprint density at radius 3 is 2.14 bits per heavy atom. The van der Waals surface area contributed by atoms with Gasteiger partial charge in [0.15, 0.2) is 0 Å². The van der Waals surface area contributed by atoms with E-state index >= 15 is 0 Å².